The molecule has 0 saturated carbocycles. The fourth-order valence-corrected chi connectivity index (χ4v) is 4.45. The molecule has 29 heavy (non-hydrogen) atoms. The first-order valence-corrected chi connectivity index (χ1v) is 11.0. The Morgan fingerprint density at radius 3 is 2.21 bits per heavy atom. The summed E-state index contributed by atoms with van der Waals surface area (Å²) in [5.41, 5.74) is 0.668. The van der Waals surface area contributed by atoms with E-state index in [1.54, 1.807) is 0 Å². The molecule has 3 aliphatic heterocycles. The highest BCUT2D eigenvalue weighted by Crippen LogP contribution is 2.25. The Hall–Kier alpha value is -1.22. The SMILES string of the molecule is OC1(CN2CCOCC2)CCN(Cc2ccc(OCCN3CCOCC3)cc2)C1. The van der Waals surface area contributed by atoms with Gasteiger partial charge in [-0.3, -0.25) is 14.7 Å². The summed E-state index contributed by atoms with van der Waals surface area (Å²) in [6.07, 6.45) is 0.840. The van der Waals surface area contributed by atoms with Crippen LogP contribution in [0.2, 0.25) is 0 Å². The van der Waals surface area contributed by atoms with Crippen LogP contribution in [-0.2, 0) is 16.0 Å². The predicted octanol–water partition coefficient (Wildman–Crippen LogP) is 0.667. The fourth-order valence-electron chi connectivity index (χ4n) is 4.45. The Balaban J connectivity index is 1.18. The third-order valence-corrected chi connectivity index (χ3v) is 6.14. The first-order chi connectivity index (χ1) is 14.2. The van der Waals surface area contributed by atoms with Crippen LogP contribution < -0.4 is 4.74 Å². The zero-order chi connectivity index (χ0) is 19.9. The van der Waals surface area contributed by atoms with E-state index in [-0.39, 0.29) is 0 Å². The van der Waals surface area contributed by atoms with Crippen molar-refractivity contribution in [2.75, 3.05) is 85.4 Å². The first kappa shape index (κ1) is 21.0. The summed E-state index contributed by atoms with van der Waals surface area (Å²) in [4.78, 5) is 7.06. The van der Waals surface area contributed by atoms with Gasteiger partial charge in [0.05, 0.1) is 32.0 Å². The van der Waals surface area contributed by atoms with Crippen molar-refractivity contribution in [3.63, 3.8) is 0 Å². The van der Waals surface area contributed by atoms with Gasteiger partial charge in [0.25, 0.3) is 0 Å². The Morgan fingerprint density at radius 1 is 0.862 bits per heavy atom. The number of rotatable bonds is 8. The van der Waals surface area contributed by atoms with Crippen molar-refractivity contribution in [1.29, 1.82) is 0 Å². The molecule has 1 N–H and O–H groups in total. The number of β-amino-alcohol motifs (C(OH)–C–C–N with tert-alkyl or cyclic N) is 1. The van der Waals surface area contributed by atoms with Crippen molar-refractivity contribution in [3.05, 3.63) is 29.8 Å². The number of likely N-dealkylation sites (tertiary alicyclic amines) is 1. The Kier molecular flexibility index (Phi) is 7.39. The van der Waals surface area contributed by atoms with Gasteiger partial charge < -0.3 is 19.3 Å². The van der Waals surface area contributed by atoms with Gasteiger partial charge in [0, 0.05) is 58.9 Å². The maximum atomic E-state index is 11.0. The fraction of sp³-hybridized carbons (Fsp3) is 0.727. The van der Waals surface area contributed by atoms with Crippen molar-refractivity contribution in [2.24, 2.45) is 0 Å². The van der Waals surface area contributed by atoms with E-state index >= 15 is 0 Å². The Morgan fingerprint density at radius 2 is 1.52 bits per heavy atom. The molecule has 0 bridgehead atoms. The summed E-state index contributed by atoms with van der Waals surface area (Å²) in [5.74, 6) is 0.923. The number of nitrogens with zero attached hydrogens (tertiary/aromatic N) is 3. The van der Waals surface area contributed by atoms with Gasteiger partial charge in [-0.25, -0.2) is 0 Å². The molecule has 1 aromatic carbocycles. The van der Waals surface area contributed by atoms with Crippen LogP contribution in [-0.4, -0.2) is 111 Å². The van der Waals surface area contributed by atoms with Crippen molar-refractivity contribution in [2.45, 2.75) is 18.6 Å². The normalized spacial score (nSPS) is 27.3. The lowest BCUT2D eigenvalue weighted by atomic mass is 10.0. The van der Waals surface area contributed by atoms with Crippen LogP contribution in [0.4, 0.5) is 0 Å². The van der Waals surface area contributed by atoms with Crippen LogP contribution in [0.25, 0.3) is 0 Å². The number of hydrogen-bond acceptors (Lipinski definition) is 7. The number of hydrogen-bond donors (Lipinski definition) is 1. The molecule has 162 valence electrons. The number of ether oxygens (including phenoxy) is 3. The summed E-state index contributed by atoms with van der Waals surface area (Å²) in [6.45, 7) is 12.0. The van der Waals surface area contributed by atoms with Crippen molar-refractivity contribution in [3.8, 4) is 5.75 Å². The zero-order valence-electron chi connectivity index (χ0n) is 17.4. The van der Waals surface area contributed by atoms with E-state index < -0.39 is 5.60 Å². The van der Waals surface area contributed by atoms with Gasteiger partial charge in [-0.1, -0.05) is 12.1 Å². The number of benzene rings is 1. The summed E-state index contributed by atoms with van der Waals surface area (Å²) in [5, 5.41) is 11.0. The number of aliphatic hydroxyl groups is 1. The average molecular weight is 406 g/mol. The molecule has 3 saturated heterocycles. The smallest absolute Gasteiger partial charge is 0.119 e. The highest BCUT2D eigenvalue weighted by atomic mass is 16.5. The minimum atomic E-state index is -0.597. The third-order valence-electron chi connectivity index (χ3n) is 6.14. The van der Waals surface area contributed by atoms with Crippen LogP contribution in [0.5, 0.6) is 5.75 Å². The summed E-state index contributed by atoms with van der Waals surface area (Å²) in [7, 11) is 0. The summed E-state index contributed by atoms with van der Waals surface area (Å²) in [6, 6.07) is 8.40. The van der Waals surface area contributed by atoms with Crippen molar-refractivity contribution in [1.82, 2.24) is 14.7 Å². The van der Waals surface area contributed by atoms with E-state index in [0.717, 1.165) is 97.5 Å². The second kappa shape index (κ2) is 10.2. The maximum Gasteiger partial charge on any atom is 0.119 e. The van der Waals surface area contributed by atoms with Gasteiger partial charge in [-0.2, -0.15) is 0 Å². The average Bonchev–Trinajstić information content (AvgIpc) is 3.11. The highest BCUT2D eigenvalue weighted by Gasteiger charge is 2.37. The standard InChI is InChI=1S/C22H35N3O4/c26-22(18-24-9-14-28-15-10-24)5-6-25(19-22)17-20-1-3-21(4-2-20)29-16-11-23-7-12-27-13-8-23/h1-4,26H,5-19H2. The van der Waals surface area contributed by atoms with Gasteiger partial charge in [0.2, 0.25) is 0 Å². The highest BCUT2D eigenvalue weighted by molar-refractivity contribution is 5.27. The molecule has 1 unspecified atom stereocenters. The van der Waals surface area contributed by atoms with Crippen LogP contribution in [0, 0.1) is 0 Å². The van der Waals surface area contributed by atoms with E-state index in [1.807, 2.05) is 0 Å². The van der Waals surface area contributed by atoms with E-state index in [0.29, 0.717) is 6.61 Å². The molecule has 3 aliphatic rings. The molecular weight excluding hydrogens is 370 g/mol. The molecule has 1 aromatic rings. The molecule has 3 heterocycles. The summed E-state index contributed by atoms with van der Waals surface area (Å²) < 4.78 is 16.7. The monoisotopic (exact) mass is 405 g/mol. The molecule has 0 amide bonds. The maximum absolute atomic E-state index is 11.0. The van der Waals surface area contributed by atoms with Crippen LogP contribution >= 0.6 is 0 Å². The largest absolute Gasteiger partial charge is 0.492 e. The van der Waals surface area contributed by atoms with E-state index in [9.17, 15) is 5.11 Å². The van der Waals surface area contributed by atoms with Crippen LogP contribution in [0.1, 0.15) is 12.0 Å². The second-order valence-electron chi connectivity index (χ2n) is 8.52. The van der Waals surface area contributed by atoms with E-state index in [2.05, 4.69) is 39.0 Å². The van der Waals surface area contributed by atoms with Crippen molar-refractivity contribution < 1.29 is 19.3 Å². The quantitative estimate of drug-likeness (QED) is 0.682. The van der Waals surface area contributed by atoms with E-state index in [1.165, 1.54) is 5.56 Å². The Labute approximate surface area is 174 Å². The molecule has 0 aromatic heterocycles. The van der Waals surface area contributed by atoms with Gasteiger partial charge >= 0.3 is 0 Å². The second-order valence-corrected chi connectivity index (χ2v) is 8.52. The molecule has 3 fully saturated rings. The van der Waals surface area contributed by atoms with Crippen LogP contribution in [0.15, 0.2) is 24.3 Å². The van der Waals surface area contributed by atoms with Gasteiger partial charge in [0.15, 0.2) is 0 Å². The first-order valence-electron chi connectivity index (χ1n) is 11.0. The molecule has 0 spiro atoms. The molecular formula is C22H35N3O4. The molecule has 4 rings (SSSR count). The minimum absolute atomic E-state index is 0.597. The topological polar surface area (TPSA) is 57.6 Å². The predicted molar refractivity (Wildman–Crippen MR) is 111 cm³/mol. The lowest BCUT2D eigenvalue weighted by Crippen LogP contribution is -2.48. The Bertz CT molecular complexity index is 617. The zero-order valence-corrected chi connectivity index (χ0v) is 17.4. The molecule has 7 nitrogen and oxygen atoms in total. The number of morpholine rings is 2. The molecule has 7 heteroatoms. The van der Waals surface area contributed by atoms with Gasteiger partial charge in [-0.15, -0.1) is 0 Å². The minimum Gasteiger partial charge on any atom is -0.492 e. The van der Waals surface area contributed by atoms with E-state index in [4.69, 9.17) is 14.2 Å². The van der Waals surface area contributed by atoms with Gasteiger partial charge in [-0.05, 0) is 24.1 Å². The lowest BCUT2D eigenvalue weighted by Gasteiger charge is -2.33. The van der Waals surface area contributed by atoms with Gasteiger partial charge in [0.1, 0.15) is 12.4 Å². The molecule has 0 radical (unpaired) electrons. The third kappa shape index (κ3) is 6.38. The van der Waals surface area contributed by atoms with Crippen LogP contribution in [0.3, 0.4) is 0 Å². The summed E-state index contributed by atoms with van der Waals surface area (Å²) >= 11 is 0. The molecule has 1 atom stereocenters. The van der Waals surface area contributed by atoms with Crippen molar-refractivity contribution >= 4 is 0 Å². The lowest BCUT2D eigenvalue weighted by molar-refractivity contribution is -0.0266. The molecule has 0 aliphatic carbocycles.